The van der Waals surface area contributed by atoms with E-state index < -0.39 is 40.6 Å². The summed E-state index contributed by atoms with van der Waals surface area (Å²) in [5.74, 6) is -2.75. The van der Waals surface area contributed by atoms with Gasteiger partial charge >= 0.3 is 5.97 Å². The van der Waals surface area contributed by atoms with Crippen LogP contribution in [0.4, 0.5) is 13.2 Å². The zero-order valence-electron chi connectivity index (χ0n) is 22.2. The Morgan fingerprint density at radius 2 is 2.00 bits per heavy atom. The third-order valence-electron chi connectivity index (χ3n) is 6.31. The van der Waals surface area contributed by atoms with Gasteiger partial charge in [-0.2, -0.15) is 10.4 Å². The summed E-state index contributed by atoms with van der Waals surface area (Å²) in [5.41, 5.74) is -0.963. The number of halogens is 3. The summed E-state index contributed by atoms with van der Waals surface area (Å²) >= 11 is 1.38. The largest absolute Gasteiger partial charge is 0.451 e. The smallest absolute Gasteiger partial charge is 0.303 e. The van der Waals surface area contributed by atoms with Crippen molar-refractivity contribution in [3.63, 3.8) is 0 Å². The number of nitrogens with zero attached hydrogens (tertiary/aromatic N) is 4. The molecule has 0 unspecified atom stereocenters. The van der Waals surface area contributed by atoms with E-state index in [1.807, 2.05) is 6.07 Å². The van der Waals surface area contributed by atoms with Crippen molar-refractivity contribution < 1.29 is 32.2 Å². The van der Waals surface area contributed by atoms with Crippen LogP contribution in [0.2, 0.25) is 0 Å². The molecular formula is C29H27F3N4O4S. The molecule has 8 nitrogen and oxygen atoms in total. The van der Waals surface area contributed by atoms with Crippen LogP contribution in [0, 0.1) is 28.8 Å². The molecule has 12 heteroatoms. The molecule has 1 aliphatic heterocycles. The summed E-state index contributed by atoms with van der Waals surface area (Å²) in [6.07, 6.45) is 8.63. The van der Waals surface area contributed by atoms with Crippen LogP contribution in [-0.4, -0.2) is 50.7 Å². The monoisotopic (exact) mass is 584 g/mol. The van der Waals surface area contributed by atoms with Crippen LogP contribution in [0.15, 0.2) is 67.3 Å². The number of ether oxygens (including phenoxy) is 3. The lowest BCUT2D eigenvalue weighted by molar-refractivity contribution is -0.160. The van der Waals surface area contributed by atoms with Gasteiger partial charge in [0.05, 0.1) is 36.6 Å². The van der Waals surface area contributed by atoms with E-state index in [1.54, 1.807) is 31.2 Å². The summed E-state index contributed by atoms with van der Waals surface area (Å²) in [6.45, 7) is 3.51. The number of esters is 1. The minimum absolute atomic E-state index is 0.00791. The highest BCUT2D eigenvalue weighted by molar-refractivity contribution is 8.00. The molecule has 0 N–H and O–H groups in total. The van der Waals surface area contributed by atoms with Gasteiger partial charge < -0.3 is 14.2 Å². The minimum atomic E-state index is -1.55. The molecular weight excluding hydrogens is 557 g/mol. The lowest BCUT2D eigenvalue weighted by Crippen LogP contribution is -2.47. The maximum Gasteiger partial charge on any atom is 0.303 e. The van der Waals surface area contributed by atoms with Crippen LogP contribution < -0.4 is 0 Å². The molecule has 2 atom stereocenters. The average Bonchev–Trinajstić information content (AvgIpc) is 3.45. The average molecular weight is 585 g/mol. The fourth-order valence-electron chi connectivity index (χ4n) is 4.38. The van der Waals surface area contributed by atoms with Crippen molar-refractivity contribution in [1.29, 1.82) is 5.26 Å². The highest BCUT2D eigenvalue weighted by Crippen LogP contribution is 2.42. The second-order valence-electron chi connectivity index (χ2n) is 9.23. The molecule has 0 bridgehead atoms. The quantitative estimate of drug-likeness (QED) is 0.238. The zero-order valence-corrected chi connectivity index (χ0v) is 23.1. The predicted octanol–water partition coefficient (Wildman–Crippen LogP) is 5.16. The first-order chi connectivity index (χ1) is 19.7. The van der Waals surface area contributed by atoms with Crippen molar-refractivity contribution >= 4 is 23.8 Å². The van der Waals surface area contributed by atoms with Crippen molar-refractivity contribution in [2.45, 2.75) is 42.8 Å². The first-order valence-electron chi connectivity index (χ1n) is 12.6. The Morgan fingerprint density at radius 3 is 2.63 bits per heavy atom. The minimum Gasteiger partial charge on any atom is -0.451 e. The van der Waals surface area contributed by atoms with Crippen LogP contribution >= 0.6 is 11.8 Å². The number of nitriles is 1. The fourth-order valence-corrected chi connectivity index (χ4v) is 5.74. The van der Waals surface area contributed by atoms with Crippen LogP contribution in [0.5, 0.6) is 0 Å². The lowest BCUT2D eigenvalue weighted by Gasteiger charge is -2.40. The molecule has 0 saturated carbocycles. The molecule has 4 rings (SSSR count). The van der Waals surface area contributed by atoms with E-state index in [1.165, 1.54) is 60.3 Å². The normalized spacial score (nSPS) is 19.6. The third-order valence-corrected chi connectivity index (χ3v) is 7.75. The summed E-state index contributed by atoms with van der Waals surface area (Å²) in [4.78, 5) is 16.2. The Morgan fingerprint density at radius 1 is 1.22 bits per heavy atom. The van der Waals surface area contributed by atoms with E-state index in [2.05, 4.69) is 10.1 Å². The summed E-state index contributed by atoms with van der Waals surface area (Å²) in [7, 11) is 0. The Hall–Kier alpha value is -3.92. The second-order valence-corrected chi connectivity index (χ2v) is 10.9. The van der Waals surface area contributed by atoms with Gasteiger partial charge in [0, 0.05) is 29.4 Å². The number of thioether (sulfide) groups is 1. The first-order valence-corrected chi connectivity index (χ1v) is 13.5. The van der Waals surface area contributed by atoms with Gasteiger partial charge in [-0.1, -0.05) is 24.3 Å². The van der Waals surface area contributed by atoms with Gasteiger partial charge in [-0.25, -0.2) is 22.8 Å². The van der Waals surface area contributed by atoms with Gasteiger partial charge in [-0.3, -0.25) is 4.79 Å². The number of hydrogen-bond acceptors (Lipinski definition) is 8. The maximum atomic E-state index is 15.1. The molecule has 1 aliphatic rings. The molecule has 1 saturated heterocycles. The van der Waals surface area contributed by atoms with Crippen molar-refractivity contribution in [2.24, 2.45) is 0 Å². The predicted molar refractivity (Wildman–Crippen MR) is 146 cm³/mol. The molecule has 2 aromatic carbocycles. The van der Waals surface area contributed by atoms with Gasteiger partial charge in [0.25, 0.3) is 0 Å². The summed E-state index contributed by atoms with van der Waals surface area (Å²) < 4.78 is 61.8. The van der Waals surface area contributed by atoms with Gasteiger partial charge in [0.15, 0.2) is 11.9 Å². The van der Waals surface area contributed by atoms with Gasteiger partial charge in [0.1, 0.15) is 30.1 Å². The van der Waals surface area contributed by atoms with Crippen LogP contribution in [0.1, 0.15) is 30.5 Å². The van der Waals surface area contributed by atoms with Gasteiger partial charge in [-0.05, 0) is 37.3 Å². The van der Waals surface area contributed by atoms with Crippen molar-refractivity contribution in [2.75, 3.05) is 13.2 Å². The molecule has 214 valence electrons. The van der Waals surface area contributed by atoms with E-state index in [-0.39, 0.29) is 36.1 Å². The van der Waals surface area contributed by atoms with Crippen molar-refractivity contribution in [3.05, 3.63) is 101 Å². The lowest BCUT2D eigenvalue weighted by atomic mass is 9.89. The number of allylic oxidation sites excluding steroid dienone is 2. The second kappa shape index (κ2) is 13.6. The van der Waals surface area contributed by atoms with Crippen molar-refractivity contribution in [1.82, 2.24) is 14.8 Å². The highest BCUT2D eigenvalue weighted by Gasteiger charge is 2.46. The molecule has 1 aromatic heterocycles. The van der Waals surface area contributed by atoms with Crippen LogP contribution in [-0.2, 0) is 31.2 Å². The zero-order chi connectivity index (χ0) is 29.4. The molecule has 1 fully saturated rings. The summed E-state index contributed by atoms with van der Waals surface area (Å²) in [6, 6.07) is 9.24. The summed E-state index contributed by atoms with van der Waals surface area (Å²) in [5, 5.41) is 12.2. The standard InChI is InChI=1S/C29H27F3N4O4S/c1-19(29(40-20(2)37,16-36-18-34-17-35-36)25-10-9-23(30)12-27(25)32)41-24-14-38-28(39-15-24)6-4-3-5-22-8-7-21(13-33)11-26(22)31/h3-12,17-19,24,28H,14-16H2,1-2H3/b5-3+,6-4+/t19-,24-,28-,29-/m1/s1. The van der Waals surface area contributed by atoms with E-state index in [0.717, 1.165) is 12.1 Å². The SMILES string of the molecule is CC(=O)O[C@@](Cn1cncn1)(c1ccc(F)cc1F)[C@@H](C)S[C@H]1CO[C@H](/C=C/C=C/c2ccc(C#N)cc2F)OC1. The first kappa shape index (κ1) is 30.0. The molecule has 3 aromatic rings. The maximum absolute atomic E-state index is 15.1. The van der Waals surface area contributed by atoms with E-state index >= 15 is 4.39 Å². The van der Waals surface area contributed by atoms with Crippen molar-refractivity contribution in [3.8, 4) is 6.07 Å². The van der Waals surface area contributed by atoms with Crippen LogP contribution in [0.25, 0.3) is 6.08 Å². The number of carbonyl (C=O) groups excluding carboxylic acids is 1. The Balaban J connectivity index is 1.44. The topological polar surface area (TPSA) is 99.3 Å². The molecule has 41 heavy (non-hydrogen) atoms. The number of rotatable bonds is 10. The fraction of sp³-hybridized carbons (Fsp3) is 0.310. The Labute approximate surface area is 239 Å². The van der Waals surface area contributed by atoms with Crippen LogP contribution in [0.3, 0.4) is 0 Å². The molecule has 0 aliphatic carbocycles. The number of benzene rings is 2. The number of hydrogen-bond donors (Lipinski definition) is 0. The molecule has 0 radical (unpaired) electrons. The number of carbonyl (C=O) groups is 1. The third kappa shape index (κ3) is 7.64. The molecule has 0 spiro atoms. The Kier molecular flexibility index (Phi) is 9.99. The number of aromatic nitrogens is 3. The van der Waals surface area contributed by atoms with E-state index in [0.29, 0.717) is 5.56 Å². The Bertz CT molecular complexity index is 1450. The molecule has 0 amide bonds. The van der Waals surface area contributed by atoms with E-state index in [9.17, 15) is 13.6 Å². The van der Waals surface area contributed by atoms with E-state index in [4.69, 9.17) is 19.5 Å². The highest BCUT2D eigenvalue weighted by atomic mass is 32.2. The van der Waals surface area contributed by atoms with Gasteiger partial charge in [-0.15, -0.1) is 11.8 Å². The van der Waals surface area contributed by atoms with Gasteiger partial charge in [0.2, 0.25) is 0 Å². The molecule has 2 heterocycles.